The SMILES string of the molecule is CC(C)[C@H](N)C(=O)NCC(=O)N(C)Cc1cccc(F)c1.Cl. The lowest BCUT2D eigenvalue weighted by atomic mass is 10.1. The minimum atomic E-state index is -0.633. The number of likely N-dealkylation sites (N-methyl/N-ethyl adjacent to an activating group) is 1. The van der Waals surface area contributed by atoms with Gasteiger partial charge in [-0.15, -0.1) is 12.4 Å². The Morgan fingerprint density at radius 1 is 1.36 bits per heavy atom. The molecule has 0 bridgehead atoms. The summed E-state index contributed by atoms with van der Waals surface area (Å²) in [6, 6.07) is 5.41. The molecule has 2 amide bonds. The average molecular weight is 332 g/mol. The number of nitrogens with zero attached hydrogens (tertiary/aromatic N) is 1. The van der Waals surface area contributed by atoms with Gasteiger partial charge in [-0.25, -0.2) is 4.39 Å². The molecule has 1 aromatic carbocycles. The van der Waals surface area contributed by atoms with E-state index in [2.05, 4.69) is 5.32 Å². The second-order valence-electron chi connectivity index (χ2n) is 5.37. The van der Waals surface area contributed by atoms with Gasteiger partial charge in [0.2, 0.25) is 11.8 Å². The number of carbonyl (C=O) groups excluding carboxylic acids is 2. The van der Waals surface area contributed by atoms with Crippen LogP contribution < -0.4 is 11.1 Å². The molecular formula is C15H23ClFN3O2. The highest BCUT2D eigenvalue weighted by atomic mass is 35.5. The number of nitrogens with two attached hydrogens (primary N) is 1. The van der Waals surface area contributed by atoms with Crippen LogP contribution in [0.2, 0.25) is 0 Å². The fourth-order valence-corrected chi connectivity index (χ4v) is 1.72. The maximum absolute atomic E-state index is 13.1. The van der Waals surface area contributed by atoms with E-state index in [1.54, 1.807) is 19.2 Å². The van der Waals surface area contributed by atoms with Crippen molar-refractivity contribution < 1.29 is 14.0 Å². The Morgan fingerprint density at radius 2 is 2.00 bits per heavy atom. The molecule has 7 heteroatoms. The van der Waals surface area contributed by atoms with Crippen molar-refractivity contribution in [3.63, 3.8) is 0 Å². The van der Waals surface area contributed by atoms with Gasteiger partial charge < -0.3 is 16.0 Å². The van der Waals surface area contributed by atoms with Gasteiger partial charge >= 0.3 is 0 Å². The first-order chi connectivity index (χ1) is 9.81. The molecule has 1 rings (SSSR count). The van der Waals surface area contributed by atoms with Crippen LogP contribution in [0.4, 0.5) is 4.39 Å². The summed E-state index contributed by atoms with van der Waals surface area (Å²) in [6.45, 7) is 3.83. The molecule has 3 N–H and O–H groups in total. The van der Waals surface area contributed by atoms with Gasteiger partial charge in [0.15, 0.2) is 0 Å². The monoisotopic (exact) mass is 331 g/mol. The number of halogens is 2. The summed E-state index contributed by atoms with van der Waals surface area (Å²) in [6.07, 6.45) is 0. The highest BCUT2D eigenvalue weighted by molar-refractivity contribution is 5.87. The van der Waals surface area contributed by atoms with Crippen LogP contribution in [0.15, 0.2) is 24.3 Å². The van der Waals surface area contributed by atoms with Gasteiger partial charge in [-0.05, 0) is 23.6 Å². The minimum absolute atomic E-state index is 0. The molecule has 124 valence electrons. The van der Waals surface area contributed by atoms with Gasteiger partial charge in [-0.1, -0.05) is 26.0 Å². The fraction of sp³-hybridized carbons (Fsp3) is 0.467. The minimum Gasteiger partial charge on any atom is -0.346 e. The van der Waals surface area contributed by atoms with Crippen LogP contribution in [0.25, 0.3) is 0 Å². The summed E-state index contributed by atoms with van der Waals surface area (Å²) in [5.74, 6) is -0.948. The number of hydrogen-bond donors (Lipinski definition) is 2. The van der Waals surface area contributed by atoms with Gasteiger partial charge in [0.25, 0.3) is 0 Å². The lowest BCUT2D eigenvalue weighted by Gasteiger charge is -2.19. The van der Waals surface area contributed by atoms with E-state index in [4.69, 9.17) is 5.73 Å². The Bertz CT molecular complexity index is 511. The fourth-order valence-electron chi connectivity index (χ4n) is 1.72. The molecule has 0 heterocycles. The van der Waals surface area contributed by atoms with E-state index >= 15 is 0 Å². The smallest absolute Gasteiger partial charge is 0.242 e. The molecule has 0 saturated heterocycles. The normalized spacial score (nSPS) is 11.5. The van der Waals surface area contributed by atoms with Crippen LogP contribution >= 0.6 is 12.4 Å². The number of rotatable bonds is 6. The molecule has 22 heavy (non-hydrogen) atoms. The maximum atomic E-state index is 13.1. The van der Waals surface area contributed by atoms with E-state index in [0.29, 0.717) is 5.56 Å². The molecule has 0 aliphatic carbocycles. The van der Waals surface area contributed by atoms with Crippen LogP contribution in [0.1, 0.15) is 19.4 Å². The van der Waals surface area contributed by atoms with Gasteiger partial charge in [-0.2, -0.15) is 0 Å². The molecule has 1 atom stereocenters. The molecule has 0 unspecified atom stereocenters. The number of hydrogen-bond acceptors (Lipinski definition) is 3. The number of benzene rings is 1. The van der Waals surface area contributed by atoms with Crippen LogP contribution in [0.5, 0.6) is 0 Å². The number of nitrogens with one attached hydrogen (secondary N) is 1. The van der Waals surface area contributed by atoms with E-state index < -0.39 is 6.04 Å². The summed E-state index contributed by atoms with van der Waals surface area (Å²) in [5.41, 5.74) is 6.37. The molecule has 0 aliphatic heterocycles. The molecule has 0 fully saturated rings. The second-order valence-corrected chi connectivity index (χ2v) is 5.37. The van der Waals surface area contributed by atoms with Crippen LogP contribution in [0, 0.1) is 11.7 Å². The Kier molecular flexibility index (Phi) is 8.67. The van der Waals surface area contributed by atoms with E-state index in [-0.39, 0.29) is 49.0 Å². The van der Waals surface area contributed by atoms with Gasteiger partial charge in [0, 0.05) is 13.6 Å². The molecule has 0 spiro atoms. The number of amides is 2. The largest absolute Gasteiger partial charge is 0.346 e. The third-order valence-electron chi connectivity index (χ3n) is 3.17. The lowest BCUT2D eigenvalue weighted by molar-refractivity contribution is -0.132. The van der Waals surface area contributed by atoms with Gasteiger partial charge in [0.05, 0.1) is 12.6 Å². The van der Waals surface area contributed by atoms with E-state index in [9.17, 15) is 14.0 Å². The van der Waals surface area contributed by atoms with Crippen molar-refractivity contribution >= 4 is 24.2 Å². The van der Waals surface area contributed by atoms with Crippen LogP contribution in [-0.4, -0.2) is 36.3 Å². The number of carbonyl (C=O) groups is 2. The van der Waals surface area contributed by atoms with Crippen LogP contribution in [0.3, 0.4) is 0 Å². The molecule has 0 aromatic heterocycles. The third-order valence-corrected chi connectivity index (χ3v) is 3.17. The Labute approximate surface area is 136 Å². The molecule has 0 radical (unpaired) electrons. The Hall–Kier alpha value is -1.66. The molecule has 0 aliphatic rings. The topological polar surface area (TPSA) is 75.4 Å². The van der Waals surface area contributed by atoms with Crippen molar-refractivity contribution in [1.29, 1.82) is 0 Å². The van der Waals surface area contributed by atoms with E-state index in [0.717, 1.165) is 0 Å². The highest BCUT2D eigenvalue weighted by Crippen LogP contribution is 2.06. The maximum Gasteiger partial charge on any atom is 0.242 e. The molecular weight excluding hydrogens is 309 g/mol. The summed E-state index contributed by atoms with van der Waals surface area (Å²) in [7, 11) is 1.60. The summed E-state index contributed by atoms with van der Waals surface area (Å²) >= 11 is 0. The van der Waals surface area contributed by atoms with Crippen molar-refractivity contribution in [3.05, 3.63) is 35.6 Å². The van der Waals surface area contributed by atoms with E-state index in [1.807, 2.05) is 13.8 Å². The van der Waals surface area contributed by atoms with Crippen LogP contribution in [-0.2, 0) is 16.1 Å². The Morgan fingerprint density at radius 3 is 2.55 bits per heavy atom. The zero-order valence-electron chi connectivity index (χ0n) is 13.0. The zero-order chi connectivity index (χ0) is 16.0. The average Bonchev–Trinajstić information content (AvgIpc) is 2.43. The predicted octanol–water partition coefficient (Wildman–Crippen LogP) is 1.31. The quantitative estimate of drug-likeness (QED) is 0.825. The van der Waals surface area contributed by atoms with Crippen molar-refractivity contribution in [2.45, 2.75) is 26.4 Å². The molecule has 1 aromatic rings. The van der Waals surface area contributed by atoms with Crippen molar-refractivity contribution in [2.24, 2.45) is 11.7 Å². The van der Waals surface area contributed by atoms with Gasteiger partial charge in [-0.3, -0.25) is 9.59 Å². The summed E-state index contributed by atoms with van der Waals surface area (Å²) in [4.78, 5) is 25.0. The van der Waals surface area contributed by atoms with Crippen molar-refractivity contribution in [1.82, 2.24) is 10.2 Å². The highest BCUT2D eigenvalue weighted by Gasteiger charge is 2.18. The first kappa shape index (κ1) is 20.3. The Balaban J connectivity index is 0.00000441. The molecule has 0 saturated carbocycles. The first-order valence-electron chi connectivity index (χ1n) is 6.83. The van der Waals surface area contributed by atoms with Crippen molar-refractivity contribution in [3.8, 4) is 0 Å². The lowest BCUT2D eigenvalue weighted by Crippen LogP contribution is -2.47. The first-order valence-corrected chi connectivity index (χ1v) is 6.83. The second kappa shape index (κ2) is 9.38. The summed E-state index contributed by atoms with van der Waals surface area (Å²) in [5, 5.41) is 2.51. The van der Waals surface area contributed by atoms with Gasteiger partial charge in [0.1, 0.15) is 5.82 Å². The third kappa shape index (κ3) is 6.41. The standard InChI is InChI=1S/C15H22FN3O2.ClH/c1-10(2)14(17)15(21)18-8-13(20)19(3)9-11-5-4-6-12(16)7-11;/h4-7,10,14H,8-9,17H2,1-3H3,(H,18,21);1H/t14-;/m0./s1. The van der Waals surface area contributed by atoms with Crippen molar-refractivity contribution in [2.75, 3.05) is 13.6 Å². The zero-order valence-corrected chi connectivity index (χ0v) is 13.8. The van der Waals surface area contributed by atoms with E-state index in [1.165, 1.54) is 17.0 Å². The summed E-state index contributed by atoms with van der Waals surface area (Å²) < 4.78 is 13.1. The molecule has 5 nitrogen and oxygen atoms in total. The predicted molar refractivity (Wildman–Crippen MR) is 85.9 cm³/mol.